The number of aryl methyl sites for hydroxylation is 1. The van der Waals surface area contributed by atoms with Gasteiger partial charge in [0.05, 0.1) is 16.2 Å². The summed E-state index contributed by atoms with van der Waals surface area (Å²) >= 11 is 6.14. The molecule has 3 aromatic carbocycles. The summed E-state index contributed by atoms with van der Waals surface area (Å²) in [6, 6.07) is 21.0. The van der Waals surface area contributed by atoms with Crippen LogP contribution in [0.3, 0.4) is 0 Å². The second-order valence-electron chi connectivity index (χ2n) is 8.39. The summed E-state index contributed by atoms with van der Waals surface area (Å²) in [5.74, 6) is -0.0476. The Morgan fingerprint density at radius 2 is 1.67 bits per heavy atom. The van der Waals surface area contributed by atoms with E-state index in [1.54, 1.807) is 30.3 Å². The van der Waals surface area contributed by atoms with Crippen LogP contribution in [0.5, 0.6) is 0 Å². The lowest BCUT2D eigenvalue weighted by Crippen LogP contribution is -2.38. The number of halogens is 1. The predicted molar refractivity (Wildman–Crippen MR) is 132 cm³/mol. The molecular formula is C25H27ClN2O4S. The molecule has 3 rings (SSSR count). The zero-order chi connectivity index (χ0) is 24.1. The Hall–Kier alpha value is -2.71. The van der Waals surface area contributed by atoms with E-state index in [0.29, 0.717) is 22.7 Å². The molecular weight excluding hydrogens is 460 g/mol. The fourth-order valence-electron chi connectivity index (χ4n) is 3.12. The maximum Gasteiger partial charge on any atom is 0.240 e. The number of rotatable bonds is 10. The number of carbonyl (C=O) groups is 1. The van der Waals surface area contributed by atoms with E-state index in [4.69, 9.17) is 11.6 Å². The summed E-state index contributed by atoms with van der Waals surface area (Å²) in [5.41, 5.74) is 1.72. The molecule has 174 valence electrons. The molecule has 0 saturated heterocycles. The molecule has 0 amide bonds. The second kappa shape index (κ2) is 10.5. The molecule has 33 heavy (non-hydrogen) atoms. The molecule has 0 spiro atoms. The van der Waals surface area contributed by atoms with Crippen LogP contribution in [0.15, 0.2) is 77.7 Å². The molecule has 0 atom stereocenters. The Labute approximate surface area is 199 Å². The standard InChI is InChI=1S/C25H27ClN2O4S/c1-25(2,30)17-27-33(31,32)21-12-8-18(9-13-21)10-15-24(29)22-14-11-19(26)16-23(22)28-20-6-4-3-5-7-20/h3-9,11-14,16,27-28,30H,10,15,17H2,1-2H3. The SMILES string of the molecule is CC(C)(O)CNS(=O)(=O)c1ccc(CCC(=O)c2ccc(Cl)cc2Nc2ccccc2)cc1. The van der Waals surface area contributed by atoms with Crippen molar-refractivity contribution in [3.63, 3.8) is 0 Å². The van der Waals surface area contributed by atoms with E-state index in [0.717, 1.165) is 11.3 Å². The van der Waals surface area contributed by atoms with E-state index in [2.05, 4.69) is 10.0 Å². The Morgan fingerprint density at radius 1 is 1.00 bits per heavy atom. The van der Waals surface area contributed by atoms with E-state index in [-0.39, 0.29) is 23.6 Å². The van der Waals surface area contributed by atoms with Crippen molar-refractivity contribution in [2.75, 3.05) is 11.9 Å². The molecule has 0 aliphatic rings. The van der Waals surface area contributed by atoms with Gasteiger partial charge in [-0.2, -0.15) is 0 Å². The van der Waals surface area contributed by atoms with Crippen LogP contribution in [0.25, 0.3) is 0 Å². The number of Topliss-reactive ketones (excluding diaryl/α,β-unsaturated/α-hetero) is 1. The van der Waals surface area contributed by atoms with Gasteiger partial charge in [0.1, 0.15) is 0 Å². The van der Waals surface area contributed by atoms with Crippen LogP contribution in [-0.2, 0) is 16.4 Å². The van der Waals surface area contributed by atoms with Gasteiger partial charge >= 0.3 is 0 Å². The quantitative estimate of drug-likeness (QED) is 0.352. The predicted octanol–water partition coefficient (Wildman–Crippen LogP) is 4.95. The number of sulfonamides is 1. The van der Waals surface area contributed by atoms with E-state index < -0.39 is 15.6 Å². The number of nitrogens with one attached hydrogen (secondary N) is 2. The van der Waals surface area contributed by atoms with Crippen molar-refractivity contribution in [2.45, 2.75) is 37.2 Å². The number of benzene rings is 3. The molecule has 8 heteroatoms. The zero-order valence-electron chi connectivity index (χ0n) is 18.5. The summed E-state index contributed by atoms with van der Waals surface area (Å²) < 4.78 is 27.1. The van der Waals surface area contributed by atoms with Gasteiger partial charge in [-0.15, -0.1) is 0 Å². The number of hydrogen-bond donors (Lipinski definition) is 3. The van der Waals surface area contributed by atoms with Gasteiger partial charge in [0.15, 0.2) is 5.78 Å². The molecule has 0 aliphatic heterocycles. The highest BCUT2D eigenvalue weighted by molar-refractivity contribution is 7.89. The van der Waals surface area contributed by atoms with Crippen LogP contribution in [0, 0.1) is 0 Å². The zero-order valence-corrected chi connectivity index (χ0v) is 20.1. The highest BCUT2D eigenvalue weighted by Gasteiger charge is 2.20. The lowest BCUT2D eigenvalue weighted by molar-refractivity contribution is 0.0857. The molecule has 0 fully saturated rings. The van der Waals surface area contributed by atoms with Crippen molar-refractivity contribution in [1.82, 2.24) is 4.72 Å². The Kier molecular flexibility index (Phi) is 7.92. The smallest absolute Gasteiger partial charge is 0.240 e. The van der Waals surface area contributed by atoms with Crippen molar-refractivity contribution in [1.29, 1.82) is 0 Å². The van der Waals surface area contributed by atoms with Crippen LogP contribution in [0.4, 0.5) is 11.4 Å². The maximum absolute atomic E-state index is 12.9. The van der Waals surface area contributed by atoms with E-state index in [9.17, 15) is 18.3 Å². The largest absolute Gasteiger partial charge is 0.389 e. The minimum absolute atomic E-state index is 0.0476. The fourth-order valence-corrected chi connectivity index (χ4v) is 4.50. The molecule has 0 bridgehead atoms. The van der Waals surface area contributed by atoms with E-state index in [1.165, 1.54) is 26.0 Å². The Bertz CT molecular complexity index is 1210. The first kappa shape index (κ1) is 24.9. The lowest BCUT2D eigenvalue weighted by Gasteiger charge is -2.17. The molecule has 6 nitrogen and oxygen atoms in total. The summed E-state index contributed by atoms with van der Waals surface area (Å²) in [6.07, 6.45) is 0.720. The molecule has 3 aromatic rings. The van der Waals surface area contributed by atoms with Crippen molar-refractivity contribution >= 4 is 38.8 Å². The Morgan fingerprint density at radius 3 is 2.30 bits per heavy atom. The number of aliphatic hydroxyl groups is 1. The van der Waals surface area contributed by atoms with Gasteiger partial charge in [-0.05, 0) is 68.3 Å². The molecule has 0 aromatic heterocycles. The van der Waals surface area contributed by atoms with Gasteiger partial charge in [0.2, 0.25) is 10.0 Å². The van der Waals surface area contributed by atoms with Crippen LogP contribution < -0.4 is 10.0 Å². The van der Waals surface area contributed by atoms with Gasteiger partial charge in [-0.3, -0.25) is 4.79 Å². The molecule has 0 saturated carbocycles. The number of hydrogen-bond acceptors (Lipinski definition) is 5. The first-order valence-electron chi connectivity index (χ1n) is 10.5. The van der Waals surface area contributed by atoms with Gasteiger partial charge < -0.3 is 10.4 Å². The lowest BCUT2D eigenvalue weighted by atomic mass is 10.0. The minimum Gasteiger partial charge on any atom is -0.389 e. The minimum atomic E-state index is -3.72. The van der Waals surface area contributed by atoms with Crippen molar-refractivity contribution in [2.24, 2.45) is 0 Å². The van der Waals surface area contributed by atoms with E-state index in [1.807, 2.05) is 30.3 Å². The van der Waals surface area contributed by atoms with Crippen molar-refractivity contribution in [3.05, 3.63) is 88.9 Å². The van der Waals surface area contributed by atoms with E-state index >= 15 is 0 Å². The summed E-state index contributed by atoms with van der Waals surface area (Å²) in [6.45, 7) is 2.96. The number of ketones is 1. The van der Waals surface area contributed by atoms with Crippen molar-refractivity contribution in [3.8, 4) is 0 Å². The molecule has 0 radical (unpaired) electrons. The highest BCUT2D eigenvalue weighted by Crippen LogP contribution is 2.26. The third kappa shape index (κ3) is 7.40. The third-order valence-electron chi connectivity index (χ3n) is 4.90. The van der Waals surface area contributed by atoms with Gasteiger partial charge in [0.25, 0.3) is 0 Å². The number of para-hydroxylation sites is 1. The molecule has 0 aliphatic carbocycles. The van der Waals surface area contributed by atoms with Crippen LogP contribution >= 0.6 is 11.6 Å². The van der Waals surface area contributed by atoms with Gasteiger partial charge in [0, 0.05) is 29.2 Å². The highest BCUT2D eigenvalue weighted by atomic mass is 35.5. The summed E-state index contributed by atoms with van der Waals surface area (Å²) in [7, 11) is -3.72. The normalized spacial score (nSPS) is 11.9. The van der Waals surface area contributed by atoms with Gasteiger partial charge in [-0.1, -0.05) is 41.9 Å². The average molecular weight is 487 g/mol. The van der Waals surface area contributed by atoms with Crippen molar-refractivity contribution < 1.29 is 18.3 Å². The summed E-state index contributed by atoms with van der Waals surface area (Å²) in [5, 5.41) is 13.5. The Balaban J connectivity index is 1.67. The first-order chi connectivity index (χ1) is 15.5. The summed E-state index contributed by atoms with van der Waals surface area (Å²) in [4.78, 5) is 13.0. The topological polar surface area (TPSA) is 95.5 Å². The average Bonchev–Trinajstić information content (AvgIpc) is 2.77. The molecule has 0 unspecified atom stereocenters. The third-order valence-corrected chi connectivity index (χ3v) is 6.56. The maximum atomic E-state index is 12.9. The second-order valence-corrected chi connectivity index (χ2v) is 10.6. The number of carbonyl (C=O) groups excluding carboxylic acids is 1. The first-order valence-corrected chi connectivity index (χ1v) is 12.4. The van der Waals surface area contributed by atoms with Crippen LogP contribution in [0.2, 0.25) is 5.02 Å². The van der Waals surface area contributed by atoms with Gasteiger partial charge in [-0.25, -0.2) is 13.1 Å². The monoisotopic (exact) mass is 486 g/mol. The molecule has 3 N–H and O–H groups in total. The van der Waals surface area contributed by atoms with Crippen LogP contribution in [-0.4, -0.2) is 31.5 Å². The van der Waals surface area contributed by atoms with Crippen LogP contribution in [0.1, 0.15) is 36.2 Å². The molecule has 0 heterocycles. The number of anilines is 2. The fraction of sp³-hybridized carbons (Fsp3) is 0.240.